The number of hydrogen-bond acceptors (Lipinski definition) is 5. The molecule has 2 aromatic rings. The van der Waals surface area contributed by atoms with Crippen LogP contribution in [0.4, 0.5) is 10.8 Å². The number of anilines is 2. The van der Waals surface area contributed by atoms with E-state index >= 15 is 0 Å². The van der Waals surface area contributed by atoms with Gasteiger partial charge in [-0.25, -0.2) is 4.98 Å². The summed E-state index contributed by atoms with van der Waals surface area (Å²) in [6, 6.07) is 5.20. The molecule has 7 heteroatoms. The number of thioether (sulfide) groups is 1. The Morgan fingerprint density at radius 1 is 1.56 bits per heavy atom. The Kier molecular flexibility index (Phi) is 4.46. The molecule has 0 unspecified atom stereocenters. The second kappa shape index (κ2) is 6.08. The predicted molar refractivity (Wildman–Crippen MR) is 77.3 cm³/mol. The number of nitrogens with zero attached hydrogens (tertiary/aromatic N) is 1. The highest BCUT2D eigenvalue weighted by Crippen LogP contribution is 2.29. The van der Waals surface area contributed by atoms with Crippen LogP contribution in [0.15, 0.2) is 34.7 Å². The Morgan fingerprint density at radius 2 is 2.39 bits per heavy atom. The van der Waals surface area contributed by atoms with Crippen molar-refractivity contribution in [3.63, 3.8) is 0 Å². The van der Waals surface area contributed by atoms with Gasteiger partial charge in [-0.1, -0.05) is 11.6 Å². The molecule has 1 heterocycles. The van der Waals surface area contributed by atoms with Crippen LogP contribution < -0.4 is 11.1 Å². The summed E-state index contributed by atoms with van der Waals surface area (Å²) < 4.78 is 0. The first-order chi connectivity index (χ1) is 8.65. The van der Waals surface area contributed by atoms with E-state index in [4.69, 9.17) is 17.3 Å². The van der Waals surface area contributed by atoms with Crippen LogP contribution >= 0.6 is 34.7 Å². The monoisotopic (exact) mass is 299 g/mol. The summed E-state index contributed by atoms with van der Waals surface area (Å²) in [4.78, 5) is 16.4. The molecule has 0 spiro atoms. The molecule has 1 aromatic heterocycles. The molecule has 1 amide bonds. The first kappa shape index (κ1) is 13.2. The van der Waals surface area contributed by atoms with Crippen LogP contribution in [-0.2, 0) is 4.79 Å². The van der Waals surface area contributed by atoms with E-state index in [1.807, 2.05) is 0 Å². The van der Waals surface area contributed by atoms with Gasteiger partial charge in [-0.05, 0) is 18.2 Å². The van der Waals surface area contributed by atoms with Gasteiger partial charge in [0.1, 0.15) is 0 Å². The number of thiazole rings is 1. The van der Waals surface area contributed by atoms with Crippen molar-refractivity contribution in [1.82, 2.24) is 4.98 Å². The first-order valence-electron chi connectivity index (χ1n) is 5.02. The van der Waals surface area contributed by atoms with Crippen LogP contribution in [0.2, 0.25) is 5.02 Å². The maximum absolute atomic E-state index is 11.6. The van der Waals surface area contributed by atoms with Crippen molar-refractivity contribution >= 4 is 51.4 Å². The highest BCUT2D eigenvalue weighted by atomic mass is 35.5. The van der Waals surface area contributed by atoms with Crippen molar-refractivity contribution in [2.45, 2.75) is 4.90 Å². The molecule has 18 heavy (non-hydrogen) atoms. The molecule has 0 aliphatic carbocycles. The number of carbonyl (C=O) groups is 1. The number of nitrogens with two attached hydrogens (primary N) is 1. The molecule has 0 fully saturated rings. The van der Waals surface area contributed by atoms with Gasteiger partial charge in [-0.15, -0.1) is 23.1 Å². The average molecular weight is 300 g/mol. The van der Waals surface area contributed by atoms with Gasteiger partial charge in [0, 0.05) is 22.2 Å². The van der Waals surface area contributed by atoms with E-state index < -0.39 is 0 Å². The van der Waals surface area contributed by atoms with Crippen molar-refractivity contribution in [2.75, 3.05) is 16.8 Å². The highest BCUT2D eigenvalue weighted by molar-refractivity contribution is 8.00. The number of halogens is 1. The number of hydrogen-bond donors (Lipinski definition) is 2. The van der Waals surface area contributed by atoms with Gasteiger partial charge in [-0.3, -0.25) is 4.79 Å². The van der Waals surface area contributed by atoms with Crippen LogP contribution in [0, 0.1) is 0 Å². The summed E-state index contributed by atoms with van der Waals surface area (Å²) in [6.45, 7) is 0. The molecule has 4 nitrogen and oxygen atoms in total. The first-order valence-corrected chi connectivity index (χ1v) is 7.26. The van der Waals surface area contributed by atoms with E-state index in [1.165, 1.54) is 23.1 Å². The molecule has 1 aromatic carbocycles. The quantitative estimate of drug-likeness (QED) is 0.672. The Hall–Kier alpha value is -1.24. The van der Waals surface area contributed by atoms with E-state index in [0.29, 0.717) is 15.8 Å². The van der Waals surface area contributed by atoms with Gasteiger partial charge >= 0.3 is 0 Å². The topological polar surface area (TPSA) is 68.0 Å². The van der Waals surface area contributed by atoms with Gasteiger partial charge in [-0.2, -0.15) is 0 Å². The zero-order chi connectivity index (χ0) is 13.0. The molecule has 0 bridgehead atoms. The van der Waals surface area contributed by atoms with Gasteiger partial charge in [0.2, 0.25) is 5.91 Å². The van der Waals surface area contributed by atoms with Gasteiger partial charge in [0.05, 0.1) is 10.8 Å². The number of carbonyl (C=O) groups excluding carboxylic acids is 1. The normalized spacial score (nSPS) is 10.3. The minimum Gasteiger partial charge on any atom is -0.399 e. The Balaban J connectivity index is 1.91. The smallest absolute Gasteiger partial charge is 0.236 e. The van der Waals surface area contributed by atoms with Crippen molar-refractivity contribution in [1.29, 1.82) is 0 Å². The van der Waals surface area contributed by atoms with Crippen LogP contribution in [0.25, 0.3) is 0 Å². The fraction of sp³-hybridized carbons (Fsp3) is 0.0909. The van der Waals surface area contributed by atoms with Gasteiger partial charge in [0.15, 0.2) is 5.13 Å². The predicted octanol–water partition coefficient (Wildman–Crippen LogP) is 3.11. The minimum absolute atomic E-state index is 0.117. The van der Waals surface area contributed by atoms with E-state index in [1.54, 1.807) is 29.8 Å². The number of nitrogens with one attached hydrogen (secondary N) is 1. The summed E-state index contributed by atoms with van der Waals surface area (Å²) >= 11 is 8.73. The van der Waals surface area contributed by atoms with E-state index in [-0.39, 0.29) is 11.7 Å². The summed E-state index contributed by atoms with van der Waals surface area (Å²) in [5, 5.41) is 5.69. The fourth-order valence-corrected chi connectivity index (χ4v) is 2.82. The Bertz CT molecular complexity index is 545. The molecule has 0 atom stereocenters. The lowest BCUT2D eigenvalue weighted by Gasteiger charge is -2.05. The maximum atomic E-state index is 11.6. The van der Waals surface area contributed by atoms with Crippen LogP contribution in [0.3, 0.4) is 0 Å². The average Bonchev–Trinajstić information content (AvgIpc) is 2.83. The second-order valence-electron chi connectivity index (χ2n) is 3.36. The van der Waals surface area contributed by atoms with Crippen molar-refractivity contribution in [3.8, 4) is 0 Å². The minimum atomic E-state index is -0.117. The SMILES string of the molecule is Nc1ccc(Cl)c(SCC(=O)Nc2nccs2)c1. The lowest BCUT2D eigenvalue weighted by atomic mass is 10.3. The second-order valence-corrected chi connectivity index (χ2v) is 5.68. The molecule has 0 aliphatic rings. The van der Waals surface area contributed by atoms with Crippen molar-refractivity contribution in [2.24, 2.45) is 0 Å². The molecule has 0 aliphatic heterocycles. The summed E-state index contributed by atoms with van der Waals surface area (Å²) in [7, 11) is 0. The summed E-state index contributed by atoms with van der Waals surface area (Å²) in [6.07, 6.45) is 1.64. The molecule has 3 N–H and O–H groups in total. The van der Waals surface area contributed by atoms with Gasteiger partial charge < -0.3 is 11.1 Å². The Morgan fingerprint density at radius 3 is 3.11 bits per heavy atom. The molecule has 0 saturated heterocycles. The number of nitrogen functional groups attached to an aromatic ring is 1. The van der Waals surface area contributed by atoms with E-state index in [0.717, 1.165) is 4.90 Å². The third kappa shape index (κ3) is 3.63. The summed E-state index contributed by atoms with van der Waals surface area (Å²) in [5.74, 6) is 0.149. The lowest BCUT2D eigenvalue weighted by Crippen LogP contribution is -2.13. The number of aromatic nitrogens is 1. The van der Waals surface area contributed by atoms with Crippen LogP contribution in [-0.4, -0.2) is 16.6 Å². The fourth-order valence-electron chi connectivity index (χ4n) is 1.21. The molecule has 0 saturated carbocycles. The highest BCUT2D eigenvalue weighted by Gasteiger charge is 2.07. The van der Waals surface area contributed by atoms with Crippen molar-refractivity contribution in [3.05, 3.63) is 34.8 Å². The van der Waals surface area contributed by atoms with Crippen molar-refractivity contribution < 1.29 is 4.79 Å². The molecule has 0 radical (unpaired) electrons. The maximum Gasteiger partial charge on any atom is 0.236 e. The largest absolute Gasteiger partial charge is 0.399 e. The molecule has 2 rings (SSSR count). The van der Waals surface area contributed by atoms with Crippen LogP contribution in [0.5, 0.6) is 0 Å². The third-order valence-electron chi connectivity index (χ3n) is 1.99. The number of rotatable bonds is 4. The zero-order valence-electron chi connectivity index (χ0n) is 9.22. The van der Waals surface area contributed by atoms with Gasteiger partial charge in [0.25, 0.3) is 0 Å². The van der Waals surface area contributed by atoms with E-state index in [2.05, 4.69) is 10.3 Å². The van der Waals surface area contributed by atoms with E-state index in [9.17, 15) is 4.79 Å². The Labute approximate surface area is 118 Å². The lowest BCUT2D eigenvalue weighted by molar-refractivity contribution is -0.113. The third-order valence-corrected chi connectivity index (χ3v) is 4.18. The molecular formula is C11H10ClN3OS2. The summed E-state index contributed by atoms with van der Waals surface area (Å²) in [5.41, 5.74) is 6.29. The van der Waals surface area contributed by atoms with Crippen LogP contribution in [0.1, 0.15) is 0 Å². The standard InChI is InChI=1S/C11H10ClN3OS2/c12-8-2-1-7(13)5-9(8)18-6-10(16)15-11-14-3-4-17-11/h1-5H,6,13H2,(H,14,15,16). The zero-order valence-corrected chi connectivity index (χ0v) is 11.6. The molecular weight excluding hydrogens is 290 g/mol. The number of benzene rings is 1. The number of amides is 1. The molecule has 94 valence electrons.